The van der Waals surface area contributed by atoms with Crippen molar-refractivity contribution in [2.45, 2.75) is 6.36 Å². The van der Waals surface area contributed by atoms with Crippen LogP contribution in [0, 0.1) is 0 Å². The second-order valence-corrected chi connectivity index (χ2v) is 1.39. The fourth-order valence-corrected chi connectivity index (χ4v) is 0.254. The first-order valence-electron chi connectivity index (χ1n) is 1.32. The molecule has 0 spiro atoms. The van der Waals surface area contributed by atoms with Crippen LogP contribution in [-0.2, 0) is 15.2 Å². The average Bonchev–Trinajstić information content (AvgIpc) is 1.21. The van der Waals surface area contributed by atoms with Gasteiger partial charge in [0.2, 0.25) is 0 Å². The fourth-order valence-electron chi connectivity index (χ4n) is 0.0845. The van der Waals surface area contributed by atoms with Gasteiger partial charge < -0.3 is 0 Å². The molecule has 0 aromatic rings. The van der Waals surface area contributed by atoms with Gasteiger partial charge in [-0.3, -0.25) is 0 Å². The van der Waals surface area contributed by atoms with Gasteiger partial charge in [0.1, 0.15) is 0 Å². The van der Waals surface area contributed by atoms with Gasteiger partial charge in [-0.2, -0.15) is 4.18 Å². The molecule has 0 aromatic heterocycles. The third-order valence-electron chi connectivity index (χ3n) is 0.178. The van der Waals surface area contributed by atoms with Crippen LogP contribution in [0.2, 0.25) is 0 Å². The molecule has 0 saturated heterocycles. The van der Waals surface area contributed by atoms with Gasteiger partial charge in [0.15, 0.2) is 0 Å². The number of hydrogen-bond acceptors (Lipinski definition) is 3. The van der Waals surface area contributed by atoms with E-state index in [2.05, 4.69) is 4.18 Å². The van der Waals surface area contributed by atoms with E-state index in [-0.39, 0.29) is 18.9 Å². The molecule has 0 radical (unpaired) electrons. The number of alkyl halides is 3. The number of halogens is 3. The van der Waals surface area contributed by atoms with Crippen LogP contribution >= 0.6 is 0 Å². The van der Waals surface area contributed by atoms with Crippen molar-refractivity contribution in [3.63, 3.8) is 0 Å². The molecule has 0 rings (SSSR count). The van der Waals surface area contributed by atoms with Gasteiger partial charge >= 0.3 is 25.2 Å². The van der Waals surface area contributed by atoms with E-state index in [1.807, 2.05) is 0 Å². The quantitative estimate of drug-likeness (QED) is 0.409. The SMILES string of the molecule is O=[SH](=O)OC(F)(F)F.[LiH]. The van der Waals surface area contributed by atoms with Crippen LogP contribution in [0.15, 0.2) is 0 Å². The standard InChI is InChI=1S/CHF3O3S.Li.H/c2-1(3,4)7-8(5)6;;/h8H;;. The van der Waals surface area contributed by atoms with E-state index in [0.717, 1.165) is 0 Å². The summed E-state index contributed by atoms with van der Waals surface area (Å²) >= 11 is 0. The number of rotatable bonds is 1. The molecular weight excluding hydrogens is 156 g/mol. The van der Waals surface area contributed by atoms with Crippen molar-refractivity contribution >= 4 is 29.8 Å². The van der Waals surface area contributed by atoms with Crippen molar-refractivity contribution < 1.29 is 25.8 Å². The van der Waals surface area contributed by atoms with Crippen LogP contribution in [0.4, 0.5) is 13.2 Å². The van der Waals surface area contributed by atoms with E-state index < -0.39 is 17.3 Å². The molecule has 52 valence electrons. The van der Waals surface area contributed by atoms with Gasteiger partial charge in [0, 0.05) is 0 Å². The van der Waals surface area contributed by atoms with Crippen LogP contribution in [0.25, 0.3) is 0 Å². The molecule has 0 aliphatic carbocycles. The van der Waals surface area contributed by atoms with Crippen LogP contribution < -0.4 is 0 Å². The van der Waals surface area contributed by atoms with Crippen LogP contribution in [-0.4, -0.2) is 33.6 Å². The van der Waals surface area contributed by atoms with E-state index in [4.69, 9.17) is 8.42 Å². The van der Waals surface area contributed by atoms with Gasteiger partial charge in [0.05, 0.1) is 0 Å². The summed E-state index contributed by atoms with van der Waals surface area (Å²) in [4.78, 5) is 0. The Balaban J connectivity index is 0. The molecule has 0 saturated carbocycles. The van der Waals surface area contributed by atoms with E-state index in [0.29, 0.717) is 0 Å². The molecular formula is CH2F3LiO3S. The maximum atomic E-state index is 10.7. The summed E-state index contributed by atoms with van der Waals surface area (Å²) in [6.07, 6.45) is -5.07. The summed E-state index contributed by atoms with van der Waals surface area (Å²) in [5.74, 6) is 0. The zero-order valence-corrected chi connectivity index (χ0v) is 4.20. The Morgan fingerprint density at radius 1 is 1.22 bits per heavy atom. The number of hydrogen-bond donors (Lipinski definition) is 1. The first kappa shape index (κ1) is 12.0. The van der Waals surface area contributed by atoms with Crippen LogP contribution in [0.3, 0.4) is 0 Å². The monoisotopic (exact) mass is 158 g/mol. The minimum absolute atomic E-state index is 0. The van der Waals surface area contributed by atoms with Gasteiger partial charge in [-0.15, -0.1) is 13.2 Å². The molecule has 8 heteroatoms. The Morgan fingerprint density at radius 3 is 1.56 bits per heavy atom. The molecule has 0 heterocycles. The first-order chi connectivity index (χ1) is 3.42. The summed E-state index contributed by atoms with van der Waals surface area (Å²) in [6.45, 7) is 0. The van der Waals surface area contributed by atoms with Crippen LogP contribution in [0.5, 0.6) is 0 Å². The Labute approximate surface area is 62.5 Å². The summed E-state index contributed by atoms with van der Waals surface area (Å²) in [5.41, 5.74) is 0. The summed E-state index contributed by atoms with van der Waals surface area (Å²) in [5, 5.41) is 0. The summed E-state index contributed by atoms with van der Waals surface area (Å²) in [6, 6.07) is 0. The van der Waals surface area contributed by atoms with Crippen molar-refractivity contribution in [3.05, 3.63) is 0 Å². The molecule has 0 amide bonds. The van der Waals surface area contributed by atoms with Gasteiger partial charge in [0.25, 0.3) is 11.0 Å². The van der Waals surface area contributed by atoms with Gasteiger partial charge in [-0.25, -0.2) is 8.42 Å². The van der Waals surface area contributed by atoms with Crippen LogP contribution in [0.1, 0.15) is 0 Å². The second-order valence-electron chi connectivity index (χ2n) is 0.761. The fraction of sp³-hybridized carbons (Fsp3) is 1.00. The predicted molar refractivity (Wildman–Crippen MR) is 24.6 cm³/mol. The summed E-state index contributed by atoms with van der Waals surface area (Å²) in [7, 11) is -3.81. The molecule has 0 aliphatic heterocycles. The zero-order valence-electron chi connectivity index (χ0n) is 3.31. The maximum absolute atomic E-state index is 10.7. The molecule has 0 bridgehead atoms. The van der Waals surface area contributed by atoms with Gasteiger partial charge in [-0.05, 0) is 0 Å². The predicted octanol–water partition coefficient (Wildman–Crippen LogP) is -0.599. The average molecular weight is 158 g/mol. The molecule has 0 fully saturated rings. The van der Waals surface area contributed by atoms with Crippen molar-refractivity contribution in [2.24, 2.45) is 0 Å². The van der Waals surface area contributed by atoms with E-state index >= 15 is 0 Å². The Kier molecular flexibility index (Phi) is 5.57. The first-order valence-corrected chi connectivity index (χ1v) is 2.41. The second kappa shape index (κ2) is 4.17. The minimum atomic E-state index is -5.07. The molecule has 0 aliphatic rings. The van der Waals surface area contributed by atoms with Crippen molar-refractivity contribution in [1.29, 1.82) is 0 Å². The molecule has 9 heavy (non-hydrogen) atoms. The summed E-state index contributed by atoms with van der Waals surface area (Å²) < 4.78 is 52.7. The van der Waals surface area contributed by atoms with E-state index in [1.54, 1.807) is 0 Å². The molecule has 0 N–H and O–H groups in total. The zero-order chi connectivity index (χ0) is 6.78. The third kappa shape index (κ3) is 11.7. The topological polar surface area (TPSA) is 43.4 Å². The van der Waals surface area contributed by atoms with Crippen molar-refractivity contribution in [1.82, 2.24) is 0 Å². The molecule has 0 aromatic carbocycles. The molecule has 0 atom stereocenters. The van der Waals surface area contributed by atoms with E-state index in [1.165, 1.54) is 0 Å². The Morgan fingerprint density at radius 2 is 1.56 bits per heavy atom. The van der Waals surface area contributed by atoms with Crippen molar-refractivity contribution in [3.8, 4) is 0 Å². The van der Waals surface area contributed by atoms with E-state index in [9.17, 15) is 13.2 Å². The Hall–Kier alpha value is 0.297. The third-order valence-corrected chi connectivity index (χ3v) is 0.534. The normalized spacial score (nSPS) is 11.1. The number of thiol groups is 1. The molecule has 3 nitrogen and oxygen atoms in total. The van der Waals surface area contributed by atoms with Crippen molar-refractivity contribution in [2.75, 3.05) is 0 Å². The molecule has 0 unspecified atom stereocenters. The van der Waals surface area contributed by atoms with Gasteiger partial charge in [-0.1, -0.05) is 0 Å². The Bertz CT molecular complexity index is 130.